The number of quaternary nitrogens is 2. The molecule has 1 aliphatic carbocycles. The average Bonchev–Trinajstić information content (AvgIpc) is 2.61. The van der Waals surface area contributed by atoms with Gasteiger partial charge in [0.1, 0.15) is 17.9 Å². The molecule has 1 saturated carbocycles. The van der Waals surface area contributed by atoms with Gasteiger partial charge in [0, 0.05) is 43.3 Å². The zero-order chi connectivity index (χ0) is 12.3. The van der Waals surface area contributed by atoms with E-state index in [-0.39, 0.29) is 0 Å². The molecule has 2 aliphatic heterocycles. The monoisotopic (exact) mass is 241 g/mol. The summed E-state index contributed by atoms with van der Waals surface area (Å²) in [6.45, 7) is 1.03. The molecule has 3 nitrogen and oxygen atoms in total. The molecule has 2 N–H and O–H groups in total. The van der Waals surface area contributed by atoms with E-state index >= 15 is 0 Å². The van der Waals surface area contributed by atoms with E-state index in [4.69, 9.17) is 0 Å². The van der Waals surface area contributed by atoms with Gasteiger partial charge in [-0.05, 0) is 6.42 Å². The second kappa shape index (κ2) is 3.43. The van der Waals surface area contributed by atoms with Gasteiger partial charge in [-0.2, -0.15) is 0 Å². The number of hydrogen-bond acceptors (Lipinski definition) is 1. The van der Waals surface area contributed by atoms with Crippen molar-refractivity contribution in [2.45, 2.75) is 31.2 Å². The van der Waals surface area contributed by atoms with Gasteiger partial charge in [0.25, 0.3) is 0 Å². The average molecular weight is 241 g/mol. The van der Waals surface area contributed by atoms with Crippen LogP contribution in [0.25, 0.3) is 5.57 Å². The molecule has 0 bridgehead atoms. The van der Waals surface area contributed by atoms with Crippen molar-refractivity contribution in [1.29, 1.82) is 0 Å². The number of pyridine rings is 1. The highest BCUT2D eigenvalue weighted by atomic mass is 15.3. The molecule has 0 radical (unpaired) electrons. The fourth-order valence-corrected chi connectivity index (χ4v) is 3.82. The molecule has 3 heteroatoms. The summed E-state index contributed by atoms with van der Waals surface area (Å²) in [6.07, 6.45) is 9.07. The van der Waals surface area contributed by atoms with Crippen molar-refractivity contribution in [3.05, 3.63) is 43.8 Å². The number of aromatic nitrogens is 1. The Labute approximate surface area is 108 Å². The van der Waals surface area contributed by atoms with E-state index in [9.17, 15) is 0 Å². The highest BCUT2D eigenvalue weighted by molar-refractivity contribution is 5.78. The number of hydrogen-bond donors (Lipinski definition) is 2. The molecule has 94 valence electrons. The molecule has 0 saturated heterocycles. The van der Waals surface area contributed by atoms with Crippen LogP contribution in [0.3, 0.4) is 0 Å². The van der Waals surface area contributed by atoms with Crippen LogP contribution in [0.2, 0.25) is 0 Å². The maximum atomic E-state index is 4.36. The topological polar surface area (TPSA) is 21.8 Å². The maximum Gasteiger partial charge on any atom is 0.143 e. The van der Waals surface area contributed by atoms with Crippen LogP contribution < -0.4 is 9.80 Å². The summed E-state index contributed by atoms with van der Waals surface area (Å²) in [6, 6.07) is 2.10. The molecule has 1 spiro atoms. The molecule has 18 heavy (non-hydrogen) atoms. The van der Waals surface area contributed by atoms with Crippen molar-refractivity contribution < 1.29 is 9.80 Å². The molecule has 1 aromatic heterocycles. The second-order valence-corrected chi connectivity index (χ2v) is 5.95. The van der Waals surface area contributed by atoms with Crippen LogP contribution in [0.15, 0.2) is 24.2 Å². The van der Waals surface area contributed by atoms with Crippen LogP contribution in [0.4, 0.5) is 5.69 Å². The van der Waals surface area contributed by atoms with Gasteiger partial charge in [0.2, 0.25) is 0 Å². The standard InChI is InChI=1S/C15H19N3/c1-17-10-14-11(8-15(17)5-3-6-15)12-9-16-7-4-13(12)18(14)2/h4,7,9,17-18H,1-3,5-6,8,10H2. The summed E-state index contributed by atoms with van der Waals surface area (Å²) < 4.78 is 0. The molecule has 3 aliphatic rings. The summed E-state index contributed by atoms with van der Waals surface area (Å²) >= 11 is 0. The number of nitrogens with zero attached hydrogens (tertiary/aromatic N) is 1. The zero-order valence-corrected chi connectivity index (χ0v) is 10.6. The fraction of sp³-hybridized carbons (Fsp3) is 0.400. The lowest BCUT2D eigenvalue weighted by atomic mass is 9.69. The third-order valence-electron chi connectivity index (χ3n) is 5.17. The predicted octanol–water partition coefficient (Wildman–Crippen LogP) is 0.117. The summed E-state index contributed by atoms with van der Waals surface area (Å²) in [4.78, 5) is 6.94. The first-order valence-electron chi connectivity index (χ1n) is 6.76. The van der Waals surface area contributed by atoms with Gasteiger partial charge in [0.15, 0.2) is 0 Å². The Morgan fingerprint density at radius 2 is 2.11 bits per heavy atom. The normalized spacial score (nSPS) is 32.1. The molecular formula is C15H19N3. The number of fused-ring (bicyclic) bond motifs is 2. The lowest BCUT2D eigenvalue weighted by Crippen LogP contribution is -3.20. The highest BCUT2D eigenvalue weighted by Crippen LogP contribution is 2.42. The van der Waals surface area contributed by atoms with Crippen molar-refractivity contribution in [2.75, 3.05) is 6.54 Å². The van der Waals surface area contributed by atoms with Crippen molar-refractivity contribution in [3.63, 3.8) is 0 Å². The quantitative estimate of drug-likeness (QED) is 0.619. The van der Waals surface area contributed by atoms with Crippen LogP contribution in [0.1, 0.15) is 31.2 Å². The van der Waals surface area contributed by atoms with E-state index in [1.54, 1.807) is 0 Å². The first-order valence-corrected chi connectivity index (χ1v) is 6.76. The number of rotatable bonds is 0. The van der Waals surface area contributed by atoms with E-state index in [0.29, 0.717) is 5.54 Å². The van der Waals surface area contributed by atoms with Crippen molar-refractivity contribution in [2.24, 2.45) is 0 Å². The van der Waals surface area contributed by atoms with Crippen LogP contribution in [0.5, 0.6) is 0 Å². The summed E-state index contributed by atoms with van der Waals surface area (Å²) in [5.41, 5.74) is 5.97. The maximum absolute atomic E-state index is 4.36. The summed E-state index contributed by atoms with van der Waals surface area (Å²) in [7, 11) is 8.64. The van der Waals surface area contributed by atoms with Crippen LogP contribution in [-0.4, -0.2) is 17.1 Å². The molecular weight excluding hydrogens is 222 g/mol. The third-order valence-corrected chi connectivity index (χ3v) is 5.17. The Morgan fingerprint density at radius 3 is 2.83 bits per heavy atom. The van der Waals surface area contributed by atoms with E-state index in [1.807, 2.05) is 12.4 Å². The third kappa shape index (κ3) is 1.19. The van der Waals surface area contributed by atoms with E-state index in [0.717, 1.165) is 6.54 Å². The first kappa shape index (κ1) is 10.7. The van der Waals surface area contributed by atoms with E-state index < -0.39 is 0 Å². The molecule has 2 atom stereocenters. The Bertz CT molecular complexity index is 542. The Kier molecular flexibility index (Phi) is 2.04. The Morgan fingerprint density at radius 1 is 1.28 bits per heavy atom. The second-order valence-electron chi connectivity index (χ2n) is 5.95. The van der Waals surface area contributed by atoms with Gasteiger partial charge in [0.05, 0.1) is 11.1 Å². The van der Waals surface area contributed by atoms with Gasteiger partial charge in [-0.1, -0.05) is 0 Å². The van der Waals surface area contributed by atoms with Gasteiger partial charge < -0.3 is 9.80 Å². The minimum atomic E-state index is 0.413. The SMILES string of the molecule is [CH2-][NH+]1C2=C(CC3(CCC3)[NH+]([CH2-])C2)c2cnccc21. The molecule has 0 amide bonds. The number of nitrogens with one attached hydrogen (secondary N) is 2. The predicted molar refractivity (Wildman–Crippen MR) is 69.5 cm³/mol. The van der Waals surface area contributed by atoms with E-state index in [1.165, 1.54) is 58.0 Å². The van der Waals surface area contributed by atoms with Crippen molar-refractivity contribution >= 4 is 11.3 Å². The van der Waals surface area contributed by atoms with Gasteiger partial charge in [-0.15, -0.1) is 14.1 Å². The van der Waals surface area contributed by atoms with Crippen molar-refractivity contribution in [1.82, 2.24) is 4.98 Å². The van der Waals surface area contributed by atoms with Crippen LogP contribution in [-0.2, 0) is 0 Å². The Hall–Kier alpha value is -1.19. The summed E-state index contributed by atoms with van der Waals surface area (Å²) in [5.74, 6) is 0. The van der Waals surface area contributed by atoms with Crippen LogP contribution >= 0.6 is 0 Å². The smallest absolute Gasteiger partial charge is 0.143 e. The van der Waals surface area contributed by atoms with Crippen molar-refractivity contribution in [3.8, 4) is 0 Å². The van der Waals surface area contributed by atoms with Crippen LogP contribution in [0, 0.1) is 14.1 Å². The summed E-state index contributed by atoms with van der Waals surface area (Å²) in [5, 5.41) is 0. The van der Waals surface area contributed by atoms with E-state index in [2.05, 4.69) is 25.1 Å². The molecule has 2 unspecified atom stereocenters. The lowest BCUT2D eigenvalue weighted by Gasteiger charge is -2.52. The van der Waals surface area contributed by atoms with Gasteiger partial charge >= 0.3 is 0 Å². The fourth-order valence-electron chi connectivity index (χ4n) is 3.82. The lowest BCUT2D eigenvalue weighted by molar-refractivity contribution is -0.929. The molecule has 4 rings (SSSR count). The molecule has 3 heterocycles. The zero-order valence-electron chi connectivity index (χ0n) is 10.6. The minimum absolute atomic E-state index is 0.413. The molecule has 1 aromatic rings. The first-order chi connectivity index (χ1) is 8.71. The minimum Gasteiger partial charge on any atom is -0.455 e. The van der Waals surface area contributed by atoms with Gasteiger partial charge in [-0.25, -0.2) is 0 Å². The molecule has 0 aromatic carbocycles. The van der Waals surface area contributed by atoms with Gasteiger partial charge in [-0.3, -0.25) is 4.98 Å². The largest absolute Gasteiger partial charge is 0.455 e. The highest BCUT2D eigenvalue weighted by Gasteiger charge is 2.49. The molecule has 1 fully saturated rings. The Balaban J connectivity index is 1.82.